The van der Waals surface area contributed by atoms with E-state index in [2.05, 4.69) is 20.9 Å². The van der Waals surface area contributed by atoms with Gasteiger partial charge in [0.25, 0.3) is 0 Å². The van der Waals surface area contributed by atoms with Crippen molar-refractivity contribution in [3.63, 3.8) is 0 Å². The van der Waals surface area contributed by atoms with Crippen molar-refractivity contribution in [1.82, 2.24) is 4.98 Å². The van der Waals surface area contributed by atoms with Crippen LogP contribution in [0.2, 0.25) is 0 Å². The summed E-state index contributed by atoms with van der Waals surface area (Å²) in [5.41, 5.74) is 1.31. The van der Waals surface area contributed by atoms with Gasteiger partial charge in [-0.25, -0.2) is 0 Å². The molecular weight excluding hydrogens is 262 g/mol. The summed E-state index contributed by atoms with van der Waals surface area (Å²) >= 11 is 3.19. The smallest absolute Gasteiger partial charge is 0.307 e. The number of aliphatic carboxylic acids is 1. The normalized spacial score (nSPS) is 10.7. The zero-order valence-electron chi connectivity index (χ0n) is 7.62. The third-order valence-corrected chi connectivity index (χ3v) is 2.83. The molecule has 1 heterocycles. The average Bonchev–Trinajstić information content (AvgIpc) is 2.55. The molecule has 0 atom stereocenters. The number of nitrogens with one attached hydrogen (secondary N) is 1. The number of carbonyl (C=O) groups is 1. The van der Waals surface area contributed by atoms with Crippen LogP contribution >= 0.6 is 15.9 Å². The SMILES string of the molecule is O=C(O)Cc1c[nH]c2ccc(Br)c(O)c12. The first-order chi connectivity index (χ1) is 7.09. The van der Waals surface area contributed by atoms with E-state index in [1.807, 2.05) is 0 Å². The Hall–Kier alpha value is -1.49. The molecule has 1 aromatic carbocycles. The van der Waals surface area contributed by atoms with E-state index >= 15 is 0 Å². The van der Waals surface area contributed by atoms with Crippen LogP contribution in [0.3, 0.4) is 0 Å². The van der Waals surface area contributed by atoms with Crippen molar-refractivity contribution in [2.45, 2.75) is 6.42 Å². The Bertz CT molecular complexity index is 533. The topological polar surface area (TPSA) is 73.3 Å². The molecule has 2 aromatic rings. The van der Waals surface area contributed by atoms with Crippen LogP contribution in [-0.2, 0) is 11.2 Å². The van der Waals surface area contributed by atoms with Crippen molar-refractivity contribution in [1.29, 1.82) is 0 Å². The highest BCUT2D eigenvalue weighted by molar-refractivity contribution is 9.10. The molecule has 5 heteroatoms. The molecule has 0 saturated carbocycles. The standard InChI is InChI=1S/C10H8BrNO3/c11-6-1-2-7-9(10(6)15)5(4-12-7)3-8(13)14/h1-2,4,12,15H,3H2,(H,13,14). The second-order valence-corrected chi connectivity index (χ2v) is 4.06. The highest BCUT2D eigenvalue weighted by atomic mass is 79.9. The zero-order valence-corrected chi connectivity index (χ0v) is 9.21. The molecule has 0 spiro atoms. The molecule has 0 aliphatic heterocycles. The van der Waals surface area contributed by atoms with Gasteiger partial charge < -0.3 is 15.2 Å². The number of hydrogen-bond donors (Lipinski definition) is 3. The monoisotopic (exact) mass is 269 g/mol. The number of hydrogen-bond acceptors (Lipinski definition) is 2. The summed E-state index contributed by atoms with van der Waals surface area (Å²) in [5.74, 6) is -0.847. The minimum Gasteiger partial charge on any atom is -0.506 e. The number of aromatic amines is 1. The van der Waals surface area contributed by atoms with Crippen molar-refractivity contribution >= 4 is 32.8 Å². The summed E-state index contributed by atoms with van der Waals surface area (Å²) in [6.45, 7) is 0. The number of benzene rings is 1. The number of rotatable bonds is 2. The van der Waals surface area contributed by atoms with Crippen molar-refractivity contribution in [3.05, 3.63) is 28.4 Å². The number of aromatic hydroxyl groups is 1. The summed E-state index contributed by atoms with van der Waals surface area (Å²) in [5, 5.41) is 19.0. The second-order valence-electron chi connectivity index (χ2n) is 3.20. The van der Waals surface area contributed by atoms with Gasteiger partial charge in [0.15, 0.2) is 0 Å². The molecular formula is C10H8BrNO3. The third-order valence-electron chi connectivity index (χ3n) is 2.19. The average molecular weight is 270 g/mol. The molecule has 0 fully saturated rings. The fourth-order valence-electron chi connectivity index (χ4n) is 1.55. The van der Waals surface area contributed by atoms with E-state index in [9.17, 15) is 9.90 Å². The van der Waals surface area contributed by atoms with Crippen LogP contribution in [0.4, 0.5) is 0 Å². The summed E-state index contributed by atoms with van der Waals surface area (Å²) < 4.78 is 0.557. The molecule has 0 aliphatic carbocycles. The third kappa shape index (κ3) is 1.70. The summed E-state index contributed by atoms with van der Waals surface area (Å²) in [7, 11) is 0. The van der Waals surface area contributed by atoms with Crippen molar-refractivity contribution in [3.8, 4) is 5.75 Å². The van der Waals surface area contributed by atoms with Crippen molar-refractivity contribution in [2.24, 2.45) is 0 Å². The van der Waals surface area contributed by atoms with Crippen LogP contribution in [0.25, 0.3) is 10.9 Å². The maximum atomic E-state index is 10.6. The Kier molecular flexibility index (Phi) is 2.40. The molecule has 78 valence electrons. The molecule has 0 saturated heterocycles. The van der Waals surface area contributed by atoms with Gasteiger partial charge in [-0.15, -0.1) is 0 Å². The summed E-state index contributed by atoms with van der Waals surface area (Å²) in [6, 6.07) is 3.49. The van der Waals surface area contributed by atoms with E-state index in [4.69, 9.17) is 5.11 Å². The molecule has 1 aromatic heterocycles. The molecule has 4 nitrogen and oxygen atoms in total. The van der Waals surface area contributed by atoms with E-state index in [-0.39, 0.29) is 12.2 Å². The lowest BCUT2D eigenvalue weighted by Gasteiger charge is -2.00. The van der Waals surface area contributed by atoms with Gasteiger partial charge in [0.1, 0.15) is 5.75 Å². The van der Waals surface area contributed by atoms with Gasteiger partial charge in [0.05, 0.1) is 10.9 Å². The molecule has 0 unspecified atom stereocenters. The summed E-state index contributed by atoms with van der Waals surface area (Å²) in [4.78, 5) is 13.5. The first kappa shape index (κ1) is 10.0. The number of carboxylic acid groups (broad SMARTS) is 1. The van der Waals surface area contributed by atoms with Gasteiger partial charge in [-0.05, 0) is 33.6 Å². The van der Waals surface area contributed by atoms with Crippen LogP contribution in [0.15, 0.2) is 22.8 Å². The van der Waals surface area contributed by atoms with Crippen LogP contribution in [0.5, 0.6) is 5.75 Å². The maximum absolute atomic E-state index is 10.6. The van der Waals surface area contributed by atoms with Crippen LogP contribution < -0.4 is 0 Å². The van der Waals surface area contributed by atoms with Crippen LogP contribution in [0, 0.1) is 0 Å². The first-order valence-electron chi connectivity index (χ1n) is 4.29. The maximum Gasteiger partial charge on any atom is 0.307 e. The minimum atomic E-state index is -0.921. The quantitative estimate of drug-likeness (QED) is 0.783. The molecule has 0 aliphatic rings. The minimum absolute atomic E-state index is 0.0741. The zero-order chi connectivity index (χ0) is 11.0. The largest absolute Gasteiger partial charge is 0.506 e. The number of fused-ring (bicyclic) bond motifs is 1. The van der Waals surface area contributed by atoms with Gasteiger partial charge in [0.2, 0.25) is 0 Å². The molecule has 0 amide bonds. The van der Waals surface area contributed by atoms with E-state index in [1.54, 1.807) is 18.3 Å². The second kappa shape index (κ2) is 3.58. The number of H-pyrrole nitrogens is 1. The number of phenols is 1. The fraction of sp³-hybridized carbons (Fsp3) is 0.100. The predicted octanol–water partition coefficient (Wildman–Crippen LogP) is 2.26. The van der Waals surface area contributed by atoms with E-state index in [0.29, 0.717) is 15.4 Å². The van der Waals surface area contributed by atoms with Crippen LogP contribution in [0.1, 0.15) is 5.56 Å². The first-order valence-corrected chi connectivity index (χ1v) is 5.08. The number of aromatic nitrogens is 1. The molecule has 3 N–H and O–H groups in total. The van der Waals surface area contributed by atoms with Crippen molar-refractivity contribution in [2.75, 3.05) is 0 Å². The molecule has 0 radical (unpaired) electrons. The van der Waals surface area contributed by atoms with E-state index < -0.39 is 5.97 Å². The van der Waals surface area contributed by atoms with Gasteiger partial charge in [-0.1, -0.05) is 0 Å². The Morgan fingerprint density at radius 2 is 2.20 bits per heavy atom. The van der Waals surface area contributed by atoms with E-state index in [1.165, 1.54) is 0 Å². The summed E-state index contributed by atoms with van der Waals surface area (Å²) in [6.07, 6.45) is 1.49. The van der Waals surface area contributed by atoms with Gasteiger partial charge >= 0.3 is 5.97 Å². The van der Waals surface area contributed by atoms with Crippen LogP contribution in [-0.4, -0.2) is 21.2 Å². The lowest BCUT2D eigenvalue weighted by atomic mass is 10.1. The highest BCUT2D eigenvalue weighted by Crippen LogP contribution is 2.34. The van der Waals surface area contributed by atoms with Gasteiger partial charge in [0, 0.05) is 17.1 Å². The van der Waals surface area contributed by atoms with Gasteiger partial charge in [-0.2, -0.15) is 0 Å². The van der Waals surface area contributed by atoms with E-state index in [0.717, 1.165) is 5.52 Å². The Morgan fingerprint density at radius 3 is 2.87 bits per heavy atom. The van der Waals surface area contributed by atoms with Gasteiger partial charge in [-0.3, -0.25) is 4.79 Å². The highest BCUT2D eigenvalue weighted by Gasteiger charge is 2.12. The molecule has 15 heavy (non-hydrogen) atoms. The Balaban J connectivity index is 2.66. The van der Waals surface area contributed by atoms with Crippen molar-refractivity contribution < 1.29 is 15.0 Å². The Morgan fingerprint density at radius 1 is 1.47 bits per heavy atom. The fourth-order valence-corrected chi connectivity index (χ4v) is 1.88. The predicted molar refractivity (Wildman–Crippen MR) is 59.0 cm³/mol. The lowest BCUT2D eigenvalue weighted by Crippen LogP contribution is -1.98. The number of halogens is 1. The Labute approximate surface area is 93.7 Å². The number of phenolic OH excluding ortho intramolecular Hbond substituents is 1. The lowest BCUT2D eigenvalue weighted by molar-refractivity contribution is -0.136. The number of carboxylic acids is 1. The molecule has 0 bridgehead atoms. The molecule has 2 rings (SSSR count).